The summed E-state index contributed by atoms with van der Waals surface area (Å²) in [5, 5.41) is 14.4. The molecule has 4 rings (SSSR count). The van der Waals surface area contributed by atoms with Crippen molar-refractivity contribution in [3.63, 3.8) is 0 Å². The van der Waals surface area contributed by atoms with Gasteiger partial charge in [0.1, 0.15) is 17.1 Å². The van der Waals surface area contributed by atoms with E-state index in [9.17, 15) is 18.3 Å². The maximum Gasteiger partial charge on any atom is 0.271 e. The molecule has 2 N–H and O–H groups in total. The Labute approximate surface area is 181 Å². The summed E-state index contributed by atoms with van der Waals surface area (Å²) >= 11 is 0. The standard InChI is InChI=1S/C22H26N4O4S/c1-14-12-26(13-14)21-20(16-5-3-4-6-19(16)27)24-18(11-23-21)22(28)25-17(15-7-8-15)9-10-31(2,29)30/h3-6,9-11,14-15,17,27H,7-8,12-13H2,1-2H3,(H,25,28)/b10-9+/t17-/m1/s1. The van der Waals surface area contributed by atoms with E-state index in [0.29, 0.717) is 23.0 Å². The Morgan fingerprint density at radius 3 is 2.61 bits per heavy atom. The molecule has 0 spiro atoms. The van der Waals surface area contributed by atoms with E-state index in [0.717, 1.165) is 37.6 Å². The number of rotatable bonds is 7. The zero-order valence-corrected chi connectivity index (χ0v) is 18.3. The highest BCUT2D eigenvalue weighted by molar-refractivity contribution is 7.93. The Kier molecular flexibility index (Phi) is 5.70. The van der Waals surface area contributed by atoms with Crippen molar-refractivity contribution in [2.24, 2.45) is 11.8 Å². The summed E-state index contributed by atoms with van der Waals surface area (Å²) in [6, 6.07) is 6.46. The fraction of sp³-hybridized carbons (Fsp3) is 0.409. The van der Waals surface area contributed by atoms with Crippen LogP contribution in [0.3, 0.4) is 0 Å². The number of para-hydroxylation sites is 1. The molecule has 0 bridgehead atoms. The van der Waals surface area contributed by atoms with Crippen LogP contribution >= 0.6 is 0 Å². The van der Waals surface area contributed by atoms with E-state index in [4.69, 9.17) is 0 Å². The van der Waals surface area contributed by atoms with E-state index < -0.39 is 15.7 Å². The normalized spacial score (nSPS) is 18.1. The molecule has 8 nitrogen and oxygen atoms in total. The lowest BCUT2D eigenvalue weighted by Crippen LogP contribution is -2.46. The second kappa shape index (κ2) is 8.30. The number of aromatic hydroxyl groups is 1. The lowest BCUT2D eigenvalue weighted by Gasteiger charge is -2.38. The number of nitrogens with one attached hydrogen (secondary N) is 1. The van der Waals surface area contributed by atoms with Crippen LogP contribution in [0.4, 0.5) is 5.82 Å². The number of phenolic OH excluding ortho intramolecular Hbond substituents is 1. The Morgan fingerprint density at radius 2 is 2.00 bits per heavy atom. The first-order valence-electron chi connectivity index (χ1n) is 10.3. The minimum atomic E-state index is -3.28. The molecule has 164 valence electrons. The molecule has 2 aliphatic rings. The molecule has 2 heterocycles. The SMILES string of the molecule is CC1CN(c2ncc(C(=O)N[C@H](/C=C/S(C)(=O)=O)C3CC3)nc2-c2ccccc2O)C1. The maximum absolute atomic E-state index is 12.9. The molecule has 1 aliphatic heterocycles. The van der Waals surface area contributed by atoms with Crippen LogP contribution in [0.1, 0.15) is 30.3 Å². The topological polar surface area (TPSA) is 112 Å². The van der Waals surface area contributed by atoms with Crippen molar-refractivity contribution in [2.45, 2.75) is 25.8 Å². The smallest absolute Gasteiger partial charge is 0.271 e. The third-order valence-electron chi connectivity index (χ3n) is 5.47. The second-order valence-electron chi connectivity index (χ2n) is 8.45. The van der Waals surface area contributed by atoms with Gasteiger partial charge in [-0.2, -0.15) is 0 Å². The van der Waals surface area contributed by atoms with Gasteiger partial charge in [0, 0.05) is 30.3 Å². The third-order valence-corrected chi connectivity index (χ3v) is 6.12. The predicted molar refractivity (Wildman–Crippen MR) is 118 cm³/mol. The molecule has 1 aromatic heterocycles. The van der Waals surface area contributed by atoms with Crippen LogP contribution in [0.15, 0.2) is 41.9 Å². The molecule has 1 aromatic carbocycles. The van der Waals surface area contributed by atoms with Crippen molar-refractivity contribution in [3.8, 4) is 17.0 Å². The molecule has 1 atom stereocenters. The molecule has 0 unspecified atom stereocenters. The van der Waals surface area contributed by atoms with Crippen molar-refractivity contribution in [1.29, 1.82) is 0 Å². The molecule has 31 heavy (non-hydrogen) atoms. The fourth-order valence-corrected chi connectivity index (χ4v) is 4.14. The number of carbonyl (C=O) groups excluding carboxylic acids is 1. The summed E-state index contributed by atoms with van der Waals surface area (Å²) in [5.74, 6) is 1.03. The summed E-state index contributed by atoms with van der Waals surface area (Å²) < 4.78 is 23.0. The van der Waals surface area contributed by atoms with Crippen molar-refractivity contribution in [3.05, 3.63) is 47.6 Å². The lowest BCUT2D eigenvalue weighted by atomic mass is 10.0. The zero-order chi connectivity index (χ0) is 22.2. The number of phenols is 1. The van der Waals surface area contributed by atoms with E-state index in [-0.39, 0.29) is 23.4 Å². The van der Waals surface area contributed by atoms with Gasteiger partial charge in [-0.15, -0.1) is 0 Å². The molecule has 0 radical (unpaired) electrons. The van der Waals surface area contributed by atoms with Gasteiger partial charge >= 0.3 is 0 Å². The molecule has 9 heteroatoms. The number of amides is 1. The van der Waals surface area contributed by atoms with E-state index in [1.165, 1.54) is 12.3 Å². The molecule has 2 aromatic rings. The van der Waals surface area contributed by atoms with Gasteiger partial charge in [-0.3, -0.25) is 4.79 Å². The first-order valence-corrected chi connectivity index (χ1v) is 12.3. The Morgan fingerprint density at radius 1 is 1.29 bits per heavy atom. The number of benzene rings is 1. The number of anilines is 1. The van der Waals surface area contributed by atoms with Gasteiger partial charge < -0.3 is 15.3 Å². The molecule has 1 saturated carbocycles. The van der Waals surface area contributed by atoms with Gasteiger partial charge in [0.15, 0.2) is 15.7 Å². The van der Waals surface area contributed by atoms with Crippen molar-refractivity contribution >= 4 is 21.6 Å². The van der Waals surface area contributed by atoms with Crippen LogP contribution in [-0.2, 0) is 9.84 Å². The molecular formula is C22H26N4O4S. The van der Waals surface area contributed by atoms with Crippen LogP contribution in [0.25, 0.3) is 11.3 Å². The van der Waals surface area contributed by atoms with Crippen molar-refractivity contribution < 1.29 is 18.3 Å². The van der Waals surface area contributed by atoms with E-state index in [2.05, 4.69) is 27.1 Å². The molecule has 1 saturated heterocycles. The van der Waals surface area contributed by atoms with Gasteiger partial charge in [0.25, 0.3) is 5.91 Å². The molecular weight excluding hydrogens is 416 g/mol. The van der Waals surface area contributed by atoms with Crippen LogP contribution in [0.5, 0.6) is 5.75 Å². The average Bonchev–Trinajstić information content (AvgIpc) is 3.53. The highest BCUT2D eigenvalue weighted by Crippen LogP contribution is 2.36. The van der Waals surface area contributed by atoms with Crippen LogP contribution in [-0.4, -0.2) is 54.8 Å². The highest BCUT2D eigenvalue weighted by atomic mass is 32.2. The van der Waals surface area contributed by atoms with Gasteiger partial charge in [-0.1, -0.05) is 25.1 Å². The zero-order valence-electron chi connectivity index (χ0n) is 17.5. The lowest BCUT2D eigenvalue weighted by molar-refractivity contribution is 0.0935. The Balaban J connectivity index is 1.64. The van der Waals surface area contributed by atoms with Crippen LogP contribution in [0, 0.1) is 11.8 Å². The quantitative estimate of drug-likeness (QED) is 0.677. The monoisotopic (exact) mass is 442 g/mol. The fourth-order valence-electron chi connectivity index (χ4n) is 3.68. The van der Waals surface area contributed by atoms with E-state index >= 15 is 0 Å². The summed E-state index contributed by atoms with van der Waals surface area (Å²) in [4.78, 5) is 24.1. The summed E-state index contributed by atoms with van der Waals surface area (Å²) in [5.41, 5.74) is 1.08. The molecule has 2 fully saturated rings. The predicted octanol–water partition coefficient (Wildman–Crippen LogP) is 2.37. The molecule has 1 amide bonds. The number of sulfone groups is 1. The number of hydrogen-bond donors (Lipinski definition) is 2. The molecule has 1 aliphatic carbocycles. The van der Waals surface area contributed by atoms with Gasteiger partial charge in [0.05, 0.1) is 12.2 Å². The van der Waals surface area contributed by atoms with Gasteiger partial charge in [-0.25, -0.2) is 18.4 Å². The largest absolute Gasteiger partial charge is 0.507 e. The number of nitrogens with zero attached hydrogens (tertiary/aromatic N) is 3. The number of hydrogen-bond acceptors (Lipinski definition) is 7. The van der Waals surface area contributed by atoms with Gasteiger partial charge in [-0.05, 0) is 36.8 Å². The minimum absolute atomic E-state index is 0.0659. The first-order chi connectivity index (χ1) is 14.7. The van der Waals surface area contributed by atoms with Crippen molar-refractivity contribution in [1.82, 2.24) is 15.3 Å². The maximum atomic E-state index is 12.9. The van der Waals surface area contributed by atoms with Crippen LogP contribution < -0.4 is 10.2 Å². The Hall–Kier alpha value is -2.94. The van der Waals surface area contributed by atoms with E-state index in [1.54, 1.807) is 24.3 Å². The average molecular weight is 443 g/mol. The minimum Gasteiger partial charge on any atom is -0.507 e. The summed E-state index contributed by atoms with van der Waals surface area (Å²) in [7, 11) is -3.28. The van der Waals surface area contributed by atoms with E-state index in [1.807, 2.05) is 0 Å². The first kappa shape index (κ1) is 21.3. The summed E-state index contributed by atoms with van der Waals surface area (Å²) in [6.07, 6.45) is 5.94. The van der Waals surface area contributed by atoms with Crippen molar-refractivity contribution in [2.75, 3.05) is 24.2 Å². The number of carbonyl (C=O) groups is 1. The number of aromatic nitrogens is 2. The third kappa shape index (κ3) is 5.04. The highest BCUT2D eigenvalue weighted by Gasteiger charge is 2.32. The summed E-state index contributed by atoms with van der Waals surface area (Å²) in [6.45, 7) is 3.81. The van der Waals surface area contributed by atoms with Crippen LogP contribution in [0.2, 0.25) is 0 Å². The van der Waals surface area contributed by atoms with Gasteiger partial charge in [0.2, 0.25) is 0 Å². The Bertz CT molecular complexity index is 1120. The second-order valence-corrected chi connectivity index (χ2v) is 10.4.